The zero-order valence-electron chi connectivity index (χ0n) is 6.33. The first kappa shape index (κ1) is 11.6. The largest absolute Gasteiger partial charge is 0.419 e. The topological polar surface area (TPSA) is 0 Å². The molecule has 0 nitrogen and oxygen atoms in total. The first-order valence-corrected chi connectivity index (χ1v) is 4.85. The minimum atomic E-state index is -4.85. The summed E-state index contributed by atoms with van der Waals surface area (Å²) < 4.78 is 61.6. The van der Waals surface area contributed by atoms with E-state index in [1.807, 2.05) is 0 Å². The summed E-state index contributed by atoms with van der Waals surface area (Å²) in [5, 5.41) is 0. The lowest BCUT2D eigenvalue weighted by atomic mass is 10.2. The van der Waals surface area contributed by atoms with Crippen molar-refractivity contribution in [2.75, 3.05) is 0 Å². The number of halogens is 6. The van der Waals surface area contributed by atoms with Gasteiger partial charge in [-0.25, -0.2) is 8.78 Å². The molecule has 7 heteroatoms. The van der Waals surface area contributed by atoms with Crippen LogP contribution in [-0.4, -0.2) is 0 Å². The van der Waals surface area contributed by atoms with Gasteiger partial charge in [-0.1, -0.05) is 0 Å². The summed E-state index contributed by atoms with van der Waals surface area (Å²) in [6.07, 6.45) is -4.85. The van der Waals surface area contributed by atoms with Gasteiger partial charge in [0.05, 0.1) is 10.5 Å². The predicted octanol–water partition coefficient (Wildman–Crippen LogP) is 4.23. The van der Waals surface area contributed by atoms with E-state index in [1.165, 1.54) is 0 Å². The molecule has 1 aromatic rings. The van der Waals surface area contributed by atoms with Crippen LogP contribution in [0.3, 0.4) is 0 Å². The maximum Gasteiger partial charge on any atom is 0.419 e. The van der Waals surface area contributed by atoms with Crippen molar-refractivity contribution in [1.29, 1.82) is 0 Å². The molecule has 0 aromatic heterocycles. The Morgan fingerprint density at radius 2 is 1.64 bits per heavy atom. The van der Waals surface area contributed by atoms with Crippen LogP contribution in [0.4, 0.5) is 22.0 Å². The summed E-state index contributed by atoms with van der Waals surface area (Å²) in [4.78, 5) is -0.458. The molecule has 0 unspecified atom stereocenters. The summed E-state index contributed by atoms with van der Waals surface area (Å²) in [7, 11) is 5.36. The van der Waals surface area contributed by atoms with Crippen LogP contribution in [0.25, 0.3) is 0 Å². The molecule has 14 heavy (non-hydrogen) atoms. The van der Waals surface area contributed by atoms with Gasteiger partial charge in [0.1, 0.15) is 11.6 Å². The Morgan fingerprint density at radius 1 is 1.07 bits per heavy atom. The molecule has 0 radical (unpaired) electrons. The van der Waals surface area contributed by atoms with Crippen molar-refractivity contribution in [3.8, 4) is 0 Å². The maximum atomic E-state index is 12.7. The second-order valence-corrected chi connectivity index (χ2v) is 3.39. The van der Waals surface area contributed by atoms with Crippen LogP contribution in [0.2, 0.25) is 0 Å². The van der Waals surface area contributed by atoms with Gasteiger partial charge in [0.25, 0.3) is 0 Å². The molecule has 0 spiro atoms. The molecule has 0 bridgehead atoms. The summed E-state index contributed by atoms with van der Waals surface area (Å²) >= 11 is 0. The zero-order valence-corrected chi connectivity index (χ0v) is 7.90. The molecule has 0 aliphatic rings. The molecule has 0 amide bonds. The summed E-state index contributed by atoms with van der Waals surface area (Å²) in [6, 6.07) is 0.496. The Balaban J connectivity index is 3.32. The maximum absolute atomic E-state index is 12.7. The molecule has 1 aromatic carbocycles. The SMILES string of the molecule is Fc1cc(F)c(C(F)(F)F)cc1SCl. The summed E-state index contributed by atoms with van der Waals surface area (Å²) in [5.41, 5.74) is -1.53. The van der Waals surface area contributed by atoms with Crippen molar-refractivity contribution >= 4 is 21.7 Å². The first-order valence-electron chi connectivity index (χ1n) is 3.21. The van der Waals surface area contributed by atoms with Crippen molar-refractivity contribution in [2.24, 2.45) is 0 Å². The highest BCUT2D eigenvalue weighted by Crippen LogP contribution is 2.36. The Morgan fingerprint density at radius 3 is 2.07 bits per heavy atom. The van der Waals surface area contributed by atoms with E-state index in [0.717, 1.165) is 0 Å². The van der Waals surface area contributed by atoms with Crippen LogP contribution in [0, 0.1) is 11.6 Å². The van der Waals surface area contributed by atoms with Crippen molar-refractivity contribution in [2.45, 2.75) is 11.1 Å². The van der Waals surface area contributed by atoms with Crippen molar-refractivity contribution in [3.05, 3.63) is 29.3 Å². The van der Waals surface area contributed by atoms with Crippen LogP contribution in [0.5, 0.6) is 0 Å². The van der Waals surface area contributed by atoms with E-state index in [-0.39, 0.29) is 17.0 Å². The number of rotatable bonds is 1. The van der Waals surface area contributed by atoms with Crippen LogP contribution in [0.15, 0.2) is 17.0 Å². The predicted molar refractivity (Wildman–Crippen MR) is 43.1 cm³/mol. The summed E-state index contributed by atoms with van der Waals surface area (Å²) in [5.74, 6) is -2.76. The average molecular weight is 249 g/mol. The average Bonchev–Trinajstić information content (AvgIpc) is 2.02. The second kappa shape index (κ2) is 3.94. The zero-order chi connectivity index (χ0) is 10.9. The lowest BCUT2D eigenvalue weighted by Gasteiger charge is -2.09. The van der Waals surface area contributed by atoms with E-state index >= 15 is 0 Å². The van der Waals surface area contributed by atoms with Gasteiger partial charge in [-0.15, -0.1) is 0 Å². The number of benzene rings is 1. The Labute approximate surface area is 84.6 Å². The number of alkyl halides is 3. The number of hydrogen-bond donors (Lipinski definition) is 0. The Bertz CT molecular complexity index is 349. The molecule has 1 rings (SSSR count). The molecule has 0 aliphatic heterocycles. The highest BCUT2D eigenvalue weighted by Gasteiger charge is 2.35. The van der Waals surface area contributed by atoms with E-state index in [4.69, 9.17) is 10.7 Å². The van der Waals surface area contributed by atoms with Gasteiger partial charge in [-0.2, -0.15) is 13.2 Å². The van der Waals surface area contributed by atoms with Gasteiger partial charge < -0.3 is 0 Å². The fraction of sp³-hybridized carbons (Fsp3) is 0.143. The molecular weight excluding hydrogens is 247 g/mol. The summed E-state index contributed by atoms with van der Waals surface area (Å²) in [6.45, 7) is 0. The second-order valence-electron chi connectivity index (χ2n) is 2.34. The highest BCUT2D eigenvalue weighted by atomic mass is 35.7. The molecule has 0 heterocycles. The Kier molecular flexibility index (Phi) is 3.26. The molecule has 0 atom stereocenters. The third kappa shape index (κ3) is 2.30. The standard InChI is InChI=1S/C7H2ClF5S/c8-14-6-1-3(7(11,12)13)4(9)2-5(6)10/h1-2H. The third-order valence-corrected chi connectivity index (χ3v) is 2.39. The fourth-order valence-corrected chi connectivity index (χ4v) is 1.46. The van der Waals surface area contributed by atoms with Gasteiger partial charge in [-0.3, -0.25) is 0 Å². The lowest BCUT2D eigenvalue weighted by molar-refractivity contribution is -0.140. The van der Waals surface area contributed by atoms with E-state index in [9.17, 15) is 22.0 Å². The molecule has 0 aliphatic carbocycles. The fourth-order valence-electron chi connectivity index (χ4n) is 0.805. The van der Waals surface area contributed by atoms with Crippen LogP contribution < -0.4 is 0 Å². The molecule has 0 saturated carbocycles. The van der Waals surface area contributed by atoms with Crippen LogP contribution in [-0.2, 0) is 6.18 Å². The molecule has 0 N–H and O–H groups in total. The van der Waals surface area contributed by atoms with E-state index in [1.54, 1.807) is 0 Å². The first-order chi connectivity index (χ1) is 6.36. The van der Waals surface area contributed by atoms with Gasteiger partial charge in [-0.05, 0) is 27.7 Å². The molecule has 0 saturated heterocycles. The van der Waals surface area contributed by atoms with Gasteiger partial charge in [0, 0.05) is 6.07 Å². The minimum Gasteiger partial charge on any atom is -0.206 e. The lowest BCUT2D eigenvalue weighted by Crippen LogP contribution is -2.08. The Hall–Kier alpha value is -0.490. The third-order valence-electron chi connectivity index (χ3n) is 1.41. The van der Waals surface area contributed by atoms with E-state index < -0.39 is 28.3 Å². The van der Waals surface area contributed by atoms with Crippen molar-refractivity contribution in [1.82, 2.24) is 0 Å². The van der Waals surface area contributed by atoms with Crippen molar-refractivity contribution in [3.63, 3.8) is 0 Å². The molecule has 0 fully saturated rings. The van der Waals surface area contributed by atoms with E-state index in [0.29, 0.717) is 6.07 Å². The van der Waals surface area contributed by atoms with Gasteiger partial charge in [0.15, 0.2) is 0 Å². The highest BCUT2D eigenvalue weighted by molar-refractivity contribution is 8.21. The van der Waals surface area contributed by atoms with Crippen LogP contribution >= 0.6 is 21.7 Å². The quantitative estimate of drug-likeness (QED) is 0.670. The van der Waals surface area contributed by atoms with E-state index in [2.05, 4.69) is 0 Å². The van der Waals surface area contributed by atoms with Crippen molar-refractivity contribution < 1.29 is 22.0 Å². The van der Waals surface area contributed by atoms with Gasteiger partial charge in [0.2, 0.25) is 0 Å². The molecule has 78 valence electrons. The van der Waals surface area contributed by atoms with Gasteiger partial charge >= 0.3 is 6.18 Å². The monoisotopic (exact) mass is 248 g/mol. The minimum absolute atomic E-state index is 0.160. The number of hydrogen-bond acceptors (Lipinski definition) is 1. The van der Waals surface area contributed by atoms with Crippen LogP contribution in [0.1, 0.15) is 5.56 Å². The smallest absolute Gasteiger partial charge is 0.206 e. The molecular formula is C7H2ClF5S. The normalized spacial score (nSPS) is 11.9.